The van der Waals surface area contributed by atoms with Crippen molar-refractivity contribution >= 4 is 0 Å². The van der Waals surface area contributed by atoms with Crippen LogP contribution in [0.5, 0.6) is 0 Å². The summed E-state index contributed by atoms with van der Waals surface area (Å²) in [5.74, 6) is 0.520. The van der Waals surface area contributed by atoms with Gasteiger partial charge in [-0.1, -0.05) is 24.3 Å². The van der Waals surface area contributed by atoms with Crippen LogP contribution < -0.4 is 0 Å². The summed E-state index contributed by atoms with van der Waals surface area (Å²) < 4.78 is 5.34. The standard InChI is InChI=1S/C15H20O2/c16-15(8-9-17-11-15)10-13-6-3-5-12-4-1-2-7-14(12)13/h1-2,4,7,13,16H,3,5-6,8-11H2. The summed E-state index contributed by atoms with van der Waals surface area (Å²) in [7, 11) is 0. The average Bonchev–Trinajstić information content (AvgIpc) is 2.76. The monoisotopic (exact) mass is 232 g/mol. The number of aliphatic hydroxyl groups is 1. The fraction of sp³-hybridized carbons (Fsp3) is 0.600. The van der Waals surface area contributed by atoms with Gasteiger partial charge in [0, 0.05) is 13.0 Å². The van der Waals surface area contributed by atoms with Gasteiger partial charge in [-0.05, 0) is 42.7 Å². The smallest absolute Gasteiger partial charge is 0.0907 e. The first kappa shape index (κ1) is 11.2. The van der Waals surface area contributed by atoms with Gasteiger partial charge >= 0.3 is 0 Å². The second kappa shape index (κ2) is 4.43. The van der Waals surface area contributed by atoms with Crippen molar-refractivity contribution in [2.45, 2.75) is 43.6 Å². The van der Waals surface area contributed by atoms with Crippen molar-refractivity contribution in [1.29, 1.82) is 0 Å². The molecule has 2 nitrogen and oxygen atoms in total. The molecule has 1 fully saturated rings. The predicted octanol–water partition coefficient (Wildman–Crippen LogP) is 2.65. The first-order chi connectivity index (χ1) is 8.27. The van der Waals surface area contributed by atoms with Crippen molar-refractivity contribution in [1.82, 2.24) is 0 Å². The molecule has 0 bridgehead atoms. The second-order valence-electron chi connectivity index (χ2n) is 5.52. The zero-order valence-electron chi connectivity index (χ0n) is 10.2. The first-order valence-electron chi connectivity index (χ1n) is 6.65. The van der Waals surface area contributed by atoms with E-state index in [1.165, 1.54) is 30.4 Å². The summed E-state index contributed by atoms with van der Waals surface area (Å²) >= 11 is 0. The highest BCUT2D eigenvalue weighted by Crippen LogP contribution is 2.39. The summed E-state index contributed by atoms with van der Waals surface area (Å²) in [5, 5.41) is 10.4. The van der Waals surface area contributed by atoms with E-state index < -0.39 is 5.60 Å². The quantitative estimate of drug-likeness (QED) is 0.849. The number of hydrogen-bond donors (Lipinski definition) is 1. The zero-order valence-corrected chi connectivity index (χ0v) is 10.2. The summed E-state index contributed by atoms with van der Waals surface area (Å²) in [4.78, 5) is 0. The van der Waals surface area contributed by atoms with Crippen molar-refractivity contribution in [3.05, 3.63) is 35.4 Å². The van der Waals surface area contributed by atoms with Gasteiger partial charge in [-0.2, -0.15) is 0 Å². The maximum atomic E-state index is 10.4. The molecular weight excluding hydrogens is 212 g/mol. The molecule has 1 aliphatic heterocycles. The Morgan fingerprint density at radius 2 is 2.24 bits per heavy atom. The summed E-state index contributed by atoms with van der Waals surface area (Å²) in [6.45, 7) is 1.23. The normalized spacial score (nSPS) is 32.4. The van der Waals surface area contributed by atoms with Crippen LogP contribution in [0.15, 0.2) is 24.3 Å². The molecule has 1 aliphatic carbocycles. The topological polar surface area (TPSA) is 29.5 Å². The van der Waals surface area contributed by atoms with Crippen LogP contribution in [0.2, 0.25) is 0 Å². The molecule has 3 rings (SSSR count). The van der Waals surface area contributed by atoms with Crippen molar-refractivity contribution in [3.63, 3.8) is 0 Å². The zero-order chi connectivity index (χ0) is 11.7. The highest BCUT2D eigenvalue weighted by molar-refractivity contribution is 5.32. The highest BCUT2D eigenvalue weighted by Gasteiger charge is 2.36. The Bertz CT molecular complexity index is 394. The molecule has 0 radical (unpaired) electrons. The minimum Gasteiger partial charge on any atom is -0.387 e. The molecule has 2 atom stereocenters. The molecule has 92 valence electrons. The van der Waals surface area contributed by atoms with E-state index in [2.05, 4.69) is 24.3 Å². The Balaban J connectivity index is 1.81. The average molecular weight is 232 g/mol. The summed E-state index contributed by atoms with van der Waals surface area (Å²) in [5.41, 5.74) is 2.36. The molecule has 1 aromatic rings. The number of rotatable bonds is 2. The molecule has 2 aliphatic rings. The van der Waals surface area contributed by atoms with Gasteiger partial charge in [0.15, 0.2) is 0 Å². The van der Waals surface area contributed by atoms with Crippen LogP contribution in [0, 0.1) is 0 Å². The Hall–Kier alpha value is -0.860. The highest BCUT2D eigenvalue weighted by atomic mass is 16.5. The fourth-order valence-electron chi connectivity index (χ4n) is 3.28. The Kier molecular flexibility index (Phi) is 2.93. The number of benzene rings is 1. The van der Waals surface area contributed by atoms with E-state index in [0.29, 0.717) is 19.1 Å². The van der Waals surface area contributed by atoms with Crippen molar-refractivity contribution in [2.24, 2.45) is 0 Å². The molecule has 2 unspecified atom stereocenters. The molecule has 17 heavy (non-hydrogen) atoms. The van der Waals surface area contributed by atoms with E-state index in [1.807, 2.05) is 0 Å². The first-order valence-corrected chi connectivity index (χ1v) is 6.65. The minimum absolute atomic E-state index is 0.520. The molecule has 0 spiro atoms. The van der Waals surface area contributed by atoms with Gasteiger partial charge in [0.05, 0.1) is 12.2 Å². The van der Waals surface area contributed by atoms with E-state index in [0.717, 1.165) is 12.8 Å². The molecule has 2 heteroatoms. The van der Waals surface area contributed by atoms with Gasteiger partial charge in [-0.25, -0.2) is 0 Å². The molecule has 0 amide bonds. The van der Waals surface area contributed by atoms with Crippen LogP contribution in [0.3, 0.4) is 0 Å². The van der Waals surface area contributed by atoms with E-state index >= 15 is 0 Å². The van der Waals surface area contributed by atoms with Gasteiger partial charge in [0.2, 0.25) is 0 Å². The number of ether oxygens (including phenoxy) is 1. The van der Waals surface area contributed by atoms with Crippen molar-refractivity contribution in [2.75, 3.05) is 13.2 Å². The SMILES string of the molecule is OC1(CC2CCCc3ccccc32)CCOC1. The van der Waals surface area contributed by atoms with Gasteiger partial charge in [0.25, 0.3) is 0 Å². The van der Waals surface area contributed by atoms with Gasteiger partial charge < -0.3 is 9.84 Å². The van der Waals surface area contributed by atoms with Crippen molar-refractivity contribution in [3.8, 4) is 0 Å². The maximum Gasteiger partial charge on any atom is 0.0907 e. The Morgan fingerprint density at radius 1 is 1.35 bits per heavy atom. The van der Waals surface area contributed by atoms with E-state index in [4.69, 9.17) is 4.74 Å². The maximum absolute atomic E-state index is 10.4. The number of hydrogen-bond acceptors (Lipinski definition) is 2. The molecule has 1 saturated heterocycles. The lowest BCUT2D eigenvalue weighted by Crippen LogP contribution is -2.32. The van der Waals surface area contributed by atoms with Gasteiger partial charge in [0.1, 0.15) is 0 Å². The predicted molar refractivity (Wildman–Crippen MR) is 67.1 cm³/mol. The summed E-state index contributed by atoms with van der Waals surface area (Å²) in [6.07, 6.45) is 5.31. The Morgan fingerprint density at radius 3 is 3.06 bits per heavy atom. The molecule has 1 aromatic carbocycles. The molecule has 1 heterocycles. The third-order valence-corrected chi connectivity index (χ3v) is 4.20. The van der Waals surface area contributed by atoms with Gasteiger partial charge in [-0.15, -0.1) is 0 Å². The minimum atomic E-state index is -0.574. The lowest BCUT2D eigenvalue weighted by molar-refractivity contribution is 0.0119. The lowest BCUT2D eigenvalue weighted by atomic mass is 9.77. The Labute approximate surface area is 103 Å². The molecule has 1 N–H and O–H groups in total. The van der Waals surface area contributed by atoms with Crippen LogP contribution >= 0.6 is 0 Å². The lowest BCUT2D eigenvalue weighted by Gasteiger charge is -2.31. The van der Waals surface area contributed by atoms with Crippen molar-refractivity contribution < 1.29 is 9.84 Å². The number of aryl methyl sites for hydroxylation is 1. The van der Waals surface area contributed by atoms with Crippen LogP contribution in [0.1, 0.15) is 42.7 Å². The van der Waals surface area contributed by atoms with Crippen LogP contribution in [-0.2, 0) is 11.2 Å². The van der Waals surface area contributed by atoms with Crippen LogP contribution in [-0.4, -0.2) is 23.9 Å². The van der Waals surface area contributed by atoms with Gasteiger partial charge in [-0.3, -0.25) is 0 Å². The largest absolute Gasteiger partial charge is 0.387 e. The van der Waals surface area contributed by atoms with E-state index in [1.54, 1.807) is 0 Å². The van der Waals surface area contributed by atoms with Crippen LogP contribution in [0.25, 0.3) is 0 Å². The molecule has 0 aromatic heterocycles. The molecule has 0 saturated carbocycles. The third kappa shape index (κ3) is 2.24. The molecular formula is C15H20O2. The fourth-order valence-corrected chi connectivity index (χ4v) is 3.28. The summed E-state index contributed by atoms with van der Waals surface area (Å²) in [6, 6.07) is 8.70. The van der Waals surface area contributed by atoms with E-state index in [9.17, 15) is 5.11 Å². The van der Waals surface area contributed by atoms with E-state index in [-0.39, 0.29) is 0 Å². The number of fused-ring (bicyclic) bond motifs is 1. The second-order valence-corrected chi connectivity index (χ2v) is 5.52. The van der Waals surface area contributed by atoms with Crippen LogP contribution in [0.4, 0.5) is 0 Å². The third-order valence-electron chi connectivity index (χ3n) is 4.20.